The van der Waals surface area contributed by atoms with E-state index in [0.717, 1.165) is 30.5 Å². The van der Waals surface area contributed by atoms with Crippen LogP contribution >= 0.6 is 0 Å². The van der Waals surface area contributed by atoms with Gasteiger partial charge in [-0.15, -0.1) is 5.10 Å². The molecule has 0 radical (unpaired) electrons. The lowest BCUT2D eigenvalue weighted by Crippen LogP contribution is -2.60. The number of hydrogen-bond donors (Lipinski definition) is 3. The van der Waals surface area contributed by atoms with E-state index < -0.39 is 5.54 Å². The van der Waals surface area contributed by atoms with Crippen molar-refractivity contribution in [1.29, 1.82) is 0 Å². The van der Waals surface area contributed by atoms with Gasteiger partial charge >= 0.3 is 0 Å². The maximum absolute atomic E-state index is 13.4. The number of hydrogen-bond acceptors (Lipinski definition) is 5. The highest BCUT2D eigenvalue weighted by Gasteiger charge is 2.46. The minimum Gasteiger partial charge on any atom is -0.367 e. The number of amides is 2. The standard InChI is InChI=1S/C20H28N6O2/c1-3-26(17(27)13-16-23-19(21)25-24-16)20(11-5-4-6-12-20)18(28)22-15-9-7-14(2)8-10-15/h7-10H,3-6,11-13H2,1-2H3,(H,22,28)(H3,21,23,24,25). The van der Waals surface area contributed by atoms with Crippen LogP contribution in [0, 0.1) is 6.92 Å². The van der Waals surface area contributed by atoms with Gasteiger partial charge in [0.05, 0.1) is 6.42 Å². The maximum Gasteiger partial charge on any atom is 0.250 e. The number of carbonyl (C=O) groups is 2. The number of nitrogen functional groups attached to an aromatic ring is 1. The number of anilines is 2. The third-order valence-electron chi connectivity index (χ3n) is 5.41. The van der Waals surface area contributed by atoms with E-state index >= 15 is 0 Å². The molecule has 3 rings (SSSR count). The molecule has 2 amide bonds. The monoisotopic (exact) mass is 384 g/mol. The van der Waals surface area contributed by atoms with Crippen LogP contribution in [0.4, 0.5) is 11.6 Å². The summed E-state index contributed by atoms with van der Waals surface area (Å²) < 4.78 is 0. The number of aryl methyl sites for hydroxylation is 1. The predicted molar refractivity (Wildman–Crippen MR) is 108 cm³/mol. The molecule has 0 aliphatic heterocycles. The summed E-state index contributed by atoms with van der Waals surface area (Å²) >= 11 is 0. The third kappa shape index (κ3) is 4.16. The van der Waals surface area contributed by atoms with E-state index in [9.17, 15) is 9.59 Å². The van der Waals surface area contributed by atoms with Gasteiger partial charge in [0.1, 0.15) is 11.4 Å². The molecule has 1 aliphatic carbocycles. The van der Waals surface area contributed by atoms with Crippen molar-refractivity contribution in [2.45, 2.75) is 57.9 Å². The van der Waals surface area contributed by atoms with Gasteiger partial charge in [-0.3, -0.25) is 14.7 Å². The number of nitrogens with two attached hydrogens (primary N) is 1. The molecule has 1 aromatic heterocycles. The highest BCUT2D eigenvalue weighted by molar-refractivity contribution is 6.00. The molecule has 2 aromatic rings. The Balaban J connectivity index is 1.84. The molecule has 0 spiro atoms. The molecule has 0 unspecified atom stereocenters. The molecule has 1 aromatic carbocycles. The summed E-state index contributed by atoms with van der Waals surface area (Å²) in [5.41, 5.74) is 6.56. The van der Waals surface area contributed by atoms with Crippen LogP contribution in [0.15, 0.2) is 24.3 Å². The molecule has 150 valence electrons. The normalized spacial score (nSPS) is 15.8. The van der Waals surface area contributed by atoms with Crippen LogP contribution < -0.4 is 11.1 Å². The van der Waals surface area contributed by atoms with E-state index in [0.29, 0.717) is 25.2 Å². The molecule has 0 saturated heterocycles. The second kappa shape index (κ2) is 8.41. The van der Waals surface area contributed by atoms with Gasteiger partial charge < -0.3 is 16.0 Å². The fourth-order valence-corrected chi connectivity index (χ4v) is 3.99. The number of nitrogens with one attached hydrogen (secondary N) is 2. The number of aromatic amines is 1. The average Bonchev–Trinajstić information content (AvgIpc) is 3.09. The van der Waals surface area contributed by atoms with Gasteiger partial charge in [-0.2, -0.15) is 4.98 Å². The Morgan fingerprint density at radius 2 is 1.89 bits per heavy atom. The number of likely N-dealkylation sites (N-methyl/N-ethyl adjacent to an activating group) is 1. The summed E-state index contributed by atoms with van der Waals surface area (Å²) in [6.45, 7) is 4.36. The van der Waals surface area contributed by atoms with Crippen LogP contribution in [0.25, 0.3) is 0 Å². The highest BCUT2D eigenvalue weighted by Crippen LogP contribution is 2.35. The summed E-state index contributed by atoms with van der Waals surface area (Å²) in [6.07, 6.45) is 4.26. The lowest BCUT2D eigenvalue weighted by molar-refractivity contribution is -0.147. The third-order valence-corrected chi connectivity index (χ3v) is 5.41. The summed E-state index contributed by atoms with van der Waals surface area (Å²) in [5, 5.41) is 9.47. The Morgan fingerprint density at radius 1 is 1.21 bits per heavy atom. The zero-order chi connectivity index (χ0) is 20.1. The smallest absolute Gasteiger partial charge is 0.250 e. The van der Waals surface area contributed by atoms with Crippen LogP contribution in [0.3, 0.4) is 0 Å². The van der Waals surface area contributed by atoms with Crippen LogP contribution in [-0.2, 0) is 16.0 Å². The largest absolute Gasteiger partial charge is 0.367 e. The Morgan fingerprint density at radius 3 is 2.46 bits per heavy atom. The first-order valence-electron chi connectivity index (χ1n) is 9.80. The Kier molecular flexibility index (Phi) is 5.96. The molecular formula is C20H28N6O2. The first-order valence-corrected chi connectivity index (χ1v) is 9.80. The molecule has 1 aliphatic rings. The molecule has 1 saturated carbocycles. The van der Waals surface area contributed by atoms with E-state index in [1.54, 1.807) is 4.90 Å². The second-order valence-corrected chi connectivity index (χ2v) is 7.37. The number of H-pyrrole nitrogens is 1. The van der Waals surface area contributed by atoms with Crippen molar-refractivity contribution in [3.8, 4) is 0 Å². The van der Waals surface area contributed by atoms with Gasteiger partial charge in [0.2, 0.25) is 17.8 Å². The Bertz CT molecular complexity index is 823. The van der Waals surface area contributed by atoms with E-state index in [1.165, 1.54) is 0 Å². The number of carbonyl (C=O) groups excluding carboxylic acids is 2. The molecule has 1 fully saturated rings. The second-order valence-electron chi connectivity index (χ2n) is 7.37. The molecule has 1 heterocycles. The summed E-state index contributed by atoms with van der Waals surface area (Å²) in [6, 6.07) is 7.69. The molecule has 0 bridgehead atoms. The van der Waals surface area contributed by atoms with Crippen molar-refractivity contribution in [3.63, 3.8) is 0 Å². The van der Waals surface area contributed by atoms with Gasteiger partial charge in [0.25, 0.3) is 0 Å². The van der Waals surface area contributed by atoms with E-state index in [2.05, 4.69) is 20.5 Å². The van der Waals surface area contributed by atoms with Crippen LogP contribution in [0.1, 0.15) is 50.4 Å². The van der Waals surface area contributed by atoms with Gasteiger partial charge in [-0.05, 0) is 38.8 Å². The minimum absolute atomic E-state index is 0.0393. The lowest BCUT2D eigenvalue weighted by Gasteiger charge is -2.44. The Hall–Kier alpha value is -2.90. The zero-order valence-corrected chi connectivity index (χ0v) is 16.5. The van der Waals surface area contributed by atoms with Crippen LogP contribution in [0.5, 0.6) is 0 Å². The number of nitrogens with zero attached hydrogens (tertiary/aromatic N) is 3. The average molecular weight is 384 g/mol. The SMILES string of the molecule is CCN(C(=O)Cc1nc(N)n[nH]1)C1(C(=O)Nc2ccc(C)cc2)CCCCC1. The van der Waals surface area contributed by atoms with E-state index in [4.69, 9.17) is 5.73 Å². The van der Waals surface area contributed by atoms with Gasteiger partial charge in [-0.1, -0.05) is 37.0 Å². The molecule has 0 atom stereocenters. The van der Waals surface area contributed by atoms with Crippen LogP contribution in [-0.4, -0.2) is 44.0 Å². The summed E-state index contributed by atoms with van der Waals surface area (Å²) in [5.74, 6) is 0.240. The van der Waals surface area contributed by atoms with Crippen molar-refractivity contribution in [3.05, 3.63) is 35.7 Å². The number of rotatable bonds is 6. The quantitative estimate of drug-likeness (QED) is 0.707. The summed E-state index contributed by atoms with van der Waals surface area (Å²) in [4.78, 5) is 32.2. The fraction of sp³-hybridized carbons (Fsp3) is 0.500. The fourth-order valence-electron chi connectivity index (χ4n) is 3.99. The minimum atomic E-state index is -0.847. The lowest BCUT2D eigenvalue weighted by atomic mass is 9.79. The van der Waals surface area contributed by atoms with E-state index in [-0.39, 0.29) is 24.2 Å². The Labute approximate surface area is 164 Å². The van der Waals surface area contributed by atoms with E-state index in [1.807, 2.05) is 38.1 Å². The van der Waals surface area contributed by atoms with Crippen molar-refractivity contribution < 1.29 is 9.59 Å². The van der Waals surface area contributed by atoms with Crippen LogP contribution in [0.2, 0.25) is 0 Å². The molecular weight excluding hydrogens is 356 g/mol. The number of benzene rings is 1. The topological polar surface area (TPSA) is 117 Å². The molecule has 8 nitrogen and oxygen atoms in total. The summed E-state index contributed by atoms with van der Waals surface area (Å²) in [7, 11) is 0. The first-order chi connectivity index (χ1) is 13.4. The van der Waals surface area contributed by atoms with Gasteiger partial charge in [-0.25, -0.2) is 0 Å². The predicted octanol–water partition coefficient (Wildman–Crippen LogP) is 2.43. The maximum atomic E-state index is 13.4. The molecule has 4 N–H and O–H groups in total. The van der Waals surface area contributed by atoms with Crippen molar-refractivity contribution >= 4 is 23.5 Å². The van der Waals surface area contributed by atoms with Gasteiger partial charge in [0, 0.05) is 12.2 Å². The first kappa shape index (κ1) is 19.9. The zero-order valence-electron chi connectivity index (χ0n) is 16.5. The highest BCUT2D eigenvalue weighted by atomic mass is 16.2. The molecule has 28 heavy (non-hydrogen) atoms. The van der Waals surface area contributed by atoms with Crippen molar-refractivity contribution in [1.82, 2.24) is 20.1 Å². The van der Waals surface area contributed by atoms with Gasteiger partial charge in [0.15, 0.2) is 0 Å². The number of aromatic nitrogens is 3. The van der Waals surface area contributed by atoms with Crippen molar-refractivity contribution in [2.24, 2.45) is 0 Å². The molecule has 8 heteroatoms. The van der Waals surface area contributed by atoms with Crippen molar-refractivity contribution in [2.75, 3.05) is 17.6 Å².